The average Bonchev–Trinajstić information content (AvgIpc) is 2.63. The zero-order chi connectivity index (χ0) is 12.6. The summed E-state index contributed by atoms with van der Waals surface area (Å²) in [4.78, 5) is 0.462. The first kappa shape index (κ1) is 12.5. The number of benzene rings is 1. The van der Waals surface area contributed by atoms with Crippen LogP contribution in [-0.2, 0) is 5.60 Å². The SMILES string of the molecule is CC(O)(c1cc(F)cc(F)c1)c1sccc1Cl. The van der Waals surface area contributed by atoms with Gasteiger partial charge in [0.05, 0.1) is 9.90 Å². The van der Waals surface area contributed by atoms with Crippen molar-refractivity contribution in [2.45, 2.75) is 12.5 Å². The molecule has 2 rings (SSSR count). The van der Waals surface area contributed by atoms with E-state index in [0.29, 0.717) is 9.90 Å². The molecule has 1 N–H and O–H groups in total. The van der Waals surface area contributed by atoms with E-state index in [9.17, 15) is 13.9 Å². The maximum Gasteiger partial charge on any atom is 0.126 e. The lowest BCUT2D eigenvalue weighted by atomic mass is 9.94. The largest absolute Gasteiger partial charge is 0.380 e. The highest BCUT2D eigenvalue weighted by Gasteiger charge is 2.30. The highest BCUT2D eigenvalue weighted by Crippen LogP contribution is 2.38. The molecule has 0 radical (unpaired) electrons. The third kappa shape index (κ3) is 2.34. The maximum absolute atomic E-state index is 13.1. The van der Waals surface area contributed by atoms with E-state index in [4.69, 9.17) is 11.6 Å². The first-order valence-electron chi connectivity index (χ1n) is 4.83. The summed E-state index contributed by atoms with van der Waals surface area (Å²) in [6, 6.07) is 4.58. The second-order valence-corrected chi connectivity index (χ2v) is 5.15. The maximum atomic E-state index is 13.1. The van der Waals surface area contributed by atoms with E-state index in [1.165, 1.54) is 18.3 Å². The van der Waals surface area contributed by atoms with Gasteiger partial charge in [0, 0.05) is 6.07 Å². The summed E-state index contributed by atoms with van der Waals surface area (Å²) in [5.41, 5.74) is -1.37. The highest BCUT2D eigenvalue weighted by molar-refractivity contribution is 7.10. The Morgan fingerprint density at radius 3 is 2.29 bits per heavy atom. The topological polar surface area (TPSA) is 20.2 Å². The molecule has 1 unspecified atom stereocenters. The van der Waals surface area contributed by atoms with Crippen molar-refractivity contribution in [3.63, 3.8) is 0 Å². The van der Waals surface area contributed by atoms with Gasteiger partial charge in [-0.15, -0.1) is 11.3 Å². The monoisotopic (exact) mass is 274 g/mol. The van der Waals surface area contributed by atoms with Gasteiger partial charge in [-0.25, -0.2) is 8.78 Å². The first-order valence-corrected chi connectivity index (χ1v) is 6.09. The van der Waals surface area contributed by atoms with Crippen LogP contribution in [0.1, 0.15) is 17.4 Å². The fourth-order valence-corrected chi connectivity index (χ4v) is 2.93. The predicted molar refractivity (Wildman–Crippen MR) is 64.4 cm³/mol. The smallest absolute Gasteiger partial charge is 0.126 e. The number of halogens is 3. The van der Waals surface area contributed by atoms with Gasteiger partial charge in [0.2, 0.25) is 0 Å². The molecule has 0 saturated heterocycles. The van der Waals surface area contributed by atoms with Crippen molar-refractivity contribution in [2.75, 3.05) is 0 Å². The van der Waals surface area contributed by atoms with Crippen LogP contribution in [0.25, 0.3) is 0 Å². The molecule has 1 nitrogen and oxygen atoms in total. The Balaban J connectivity index is 2.55. The van der Waals surface area contributed by atoms with Crippen LogP contribution in [0, 0.1) is 11.6 Å². The Morgan fingerprint density at radius 1 is 1.24 bits per heavy atom. The Bertz CT molecular complexity index is 531. The average molecular weight is 275 g/mol. The molecule has 0 amide bonds. The van der Waals surface area contributed by atoms with Gasteiger partial charge in [-0.3, -0.25) is 0 Å². The normalized spacial score (nSPS) is 14.6. The van der Waals surface area contributed by atoms with Crippen LogP contribution in [0.5, 0.6) is 0 Å². The van der Waals surface area contributed by atoms with Crippen molar-refractivity contribution in [3.8, 4) is 0 Å². The molecule has 0 aliphatic rings. The molecular weight excluding hydrogens is 266 g/mol. The van der Waals surface area contributed by atoms with Gasteiger partial charge < -0.3 is 5.11 Å². The molecule has 0 aliphatic carbocycles. The van der Waals surface area contributed by atoms with E-state index < -0.39 is 17.2 Å². The minimum Gasteiger partial charge on any atom is -0.380 e. The Labute approximate surface area is 106 Å². The van der Waals surface area contributed by atoms with Gasteiger partial charge in [0.15, 0.2) is 0 Å². The lowest BCUT2D eigenvalue weighted by Crippen LogP contribution is -2.22. The standard InChI is InChI=1S/C12H9ClF2OS/c1-12(16,11-10(13)2-3-17-11)7-4-8(14)6-9(15)5-7/h2-6,16H,1H3. The summed E-state index contributed by atoms with van der Waals surface area (Å²) in [6.07, 6.45) is 0. The Hall–Kier alpha value is -0.970. The van der Waals surface area contributed by atoms with Crippen LogP contribution in [0.4, 0.5) is 8.78 Å². The summed E-state index contributed by atoms with van der Waals surface area (Å²) >= 11 is 7.15. The molecule has 1 heterocycles. The minimum atomic E-state index is -1.51. The van der Waals surface area contributed by atoms with Crippen molar-refractivity contribution in [1.82, 2.24) is 0 Å². The second-order valence-electron chi connectivity index (χ2n) is 3.83. The molecule has 0 fully saturated rings. The molecule has 0 aliphatic heterocycles. The third-order valence-corrected chi connectivity index (χ3v) is 4.04. The molecule has 1 atom stereocenters. The van der Waals surface area contributed by atoms with Crippen LogP contribution in [0.3, 0.4) is 0 Å². The molecule has 2 aromatic rings. The molecule has 0 saturated carbocycles. The fraction of sp³-hybridized carbons (Fsp3) is 0.167. The fourth-order valence-electron chi connectivity index (χ4n) is 1.61. The van der Waals surface area contributed by atoms with Crippen molar-refractivity contribution >= 4 is 22.9 Å². The lowest BCUT2D eigenvalue weighted by molar-refractivity contribution is 0.105. The molecule has 90 valence electrons. The number of thiophene rings is 1. The van der Waals surface area contributed by atoms with Gasteiger partial charge >= 0.3 is 0 Å². The molecule has 1 aromatic carbocycles. The van der Waals surface area contributed by atoms with Crippen LogP contribution < -0.4 is 0 Å². The van der Waals surface area contributed by atoms with Gasteiger partial charge in [-0.05, 0) is 36.1 Å². The Morgan fingerprint density at radius 2 is 1.82 bits per heavy atom. The summed E-state index contributed by atoms with van der Waals surface area (Å²) in [6.45, 7) is 1.46. The van der Waals surface area contributed by atoms with Gasteiger partial charge in [-0.2, -0.15) is 0 Å². The molecule has 0 spiro atoms. The van der Waals surface area contributed by atoms with Crippen molar-refractivity contribution in [2.24, 2.45) is 0 Å². The summed E-state index contributed by atoms with van der Waals surface area (Å²) < 4.78 is 26.2. The molecule has 5 heteroatoms. The van der Waals surface area contributed by atoms with E-state index in [1.54, 1.807) is 11.4 Å². The predicted octanol–water partition coefficient (Wildman–Crippen LogP) is 3.94. The minimum absolute atomic E-state index is 0.138. The van der Waals surface area contributed by atoms with E-state index in [2.05, 4.69) is 0 Å². The van der Waals surface area contributed by atoms with E-state index in [0.717, 1.165) is 18.2 Å². The quantitative estimate of drug-likeness (QED) is 0.880. The number of aliphatic hydroxyl groups is 1. The van der Waals surface area contributed by atoms with Gasteiger partial charge in [0.1, 0.15) is 17.2 Å². The van der Waals surface area contributed by atoms with Crippen molar-refractivity contribution in [3.05, 3.63) is 56.7 Å². The lowest BCUT2D eigenvalue weighted by Gasteiger charge is -2.23. The van der Waals surface area contributed by atoms with E-state index in [1.807, 2.05) is 0 Å². The molecular formula is C12H9ClF2OS. The van der Waals surface area contributed by atoms with Crippen LogP contribution in [-0.4, -0.2) is 5.11 Å². The summed E-state index contributed by atoms with van der Waals surface area (Å²) in [5.74, 6) is -1.46. The van der Waals surface area contributed by atoms with Crippen LogP contribution in [0.15, 0.2) is 29.6 Å². The van der Waals surface area contributed by atoms with Gasteiger partial charge in [0.25, 0.3) is 0 Å². The van der Waals surface area contributed by atoms with Gasteiger partial charge in [-0.1, -0.05) is 11.6 Å². The van der Waals surface area contributed by atoms with E-state index in [-0.39, 0.29) is 5.56 Å². The zero-order valence-corrected chi connectivity index (χ0v) is 10.4. The highest BCUT2D eigenvalue weighted by atomic mass is 35.5. The van der Waals surface area contributed by atoms with Crippen LogP contribution >= 0.6 is 22.9 Å². The molecule has 0 bridgehead atoms. The molecule has 17 heavy (non-hydrogen) atoms. The first-order chi connectivity index (χ1) is 7.91. The van der Waals surface area contributed by atoms with Crippen molar-refractivity contribution < 1.29 is 13.9 Å². The Kier molecular flexibility index (Phi) is 3.21. The summed E-state index contributed by atoms with van der Waals surface area (Å²) in [5, 5.41) is 12.5. The van der Waals surface area contributed by atoms with Crippen LogP contribution in [0.2, 0.25) is 5.02 Å². The summed E-state index contributed by atoms with van der Waals surface area (Å²) in [7, 11) is 0. The number of hydrogen-bond acceptors (Lipinski definition) is 2. The van der Waals surface area contributed by atoms with Crippen molar-refractivity contribution in [1.29, 1.82) is 0 Å². The van der Waals surface area contributed by atoms with E-state index >= 15 is 0 Å². The number of hydrogen-bond donors (Lipinski definition) is 1. The second kappa shape index (κ2) is 4.37. The third-order valence-electron chi connectivity index (χ3n) is 2.48. The molecule has 1 aromatic heterocycles. The zero-order valence-electron chi connectivity index (χ0n) is 8.88. The number of rotatable bonds is 2.